The van der Waals surface area contributed by atoms with Gasteiger partial charge in [-0.25, -0.2) is 0 Å². The minimum atomic E-state index is 0.217. The van der Waals surface area contributed by atoms with E-state index >= 15 is 0 Å². The molecule has 108 valence electrons. The Balaban J connectivity index is 1.94. The lowest BCUT2D eigenvalue weighted by molar-refractivity contribution is 0.404. The van der Waals surface area contributed by atoms with Crippen molar-refractivity contribution in [1.82, 2.24) is 5.32 Å². The quantitative estimate of drug-likeness (QED) is 0.736. The molecule has 1 N–H and O–H groups in total. The summed E-state index contributed by atoms with van der Waals surface area (Å²) in [5.74, 6) is 1.98. The van der Waals surface area contributed by atoms with E-state index in [4.69, 9.17) is 4.42 Å². The maximum absolute atomic E-state index is 5.82. The number of hydrogen-bond acceptors (Lipinski definition) is 2. The molecular weight excluding hydrogens is 258 g/mol. The third kappa shape index (κ3) is 3.01. The van der Waals surface area contributed by atoms with Gasteiger partial charge in [0.2, 0.25) is 0 Å². The number of nitrogens with one attached hydrogen (secondary N) is 1. The summed E-state index contributed by atoms with van der Waals surface area (Å²) in [5.41, 5.74) is 1.35. The summed E-state index contributed by atoms with van der Waals surface area (Å²) in [5, 5.41) is 6.15. The summed E-state index contributed by atoms with van der Waals surface area (Å²) >= 11 is 0. The van der Waals surface area contributed by atoms with Crippen molar-refractivity contribution >= 4 is 10.8 Å². The van der Waals surface area contributed by atoms with Gasteiger partial charge in [0.05, 0.1) is 6.04 Å². The van der Waals surface area contributed by atoms with Crippen molar-refractivity contribution in [3.8, 4) is 0 Å². The molecule has 0 spiro atoms. The number of hydrogen-bond donors (Lipinski definition) is 1. The van der Waals surface area contributed by atoms with Crippen LogP contribution in [0.4, 0.5) is 0 Å². The number of benzene rings is 2. The first kappa shape index (κ1) is 13.9. The Bertz CT molecular complexity index is 724. The Morgan fingerprint density at radius 2 is 1.81 bits per heavy atom. The fourth-order valence-electron chi connectivity index (χ4n) is 2.85. The monoisotopic (exact) mass is 279 g/mol. The third-order valence-electron chi connectivity index (χ3n) is 3.86. The molecule has 0 bridgehead atoms. The molecule has 0 aliphatic rings. The van der Waals surface area contributed by atoms with Crippen molar-refractivity contribution < 1.29 is 4.42 Å². The number of rotatable bonds is 5. The lowest BCUT2D eigenvalue weighted by Crippen LogP contribution is -2.22. The summed E-state index contributed by atoms with van der Waals surface area (Å²) in [6.07, 6.45) is 0.933. The van der Waals surface area contributed by atoms with Crippen molar-refractivity contribution in [3.05, 3.63) is 71.7 Å². The number of fused-ring (bicyclic) bond motifs is 1. The van der Waals surface area contributed by atoms with Crippen molar-refractivity contribution in [2.45, 2.75) is 26.3 Å². The van der Waals surface area contributed by atoms with Crippen LogP contribution in [0.3, 0.4) is 0 Å². The Labute approximate surface area is 125 Å². The standard InChI is InChI=1S/C19H21NO/c1-3-20-18(19-12-11-14(2)21-19)13-16-9-6-8-15-7-4-5-10-17(15)16/h4-12,18,20H,3,13H2,1-2H3. The van der Waals surface area contributed by atoms with E-state index < -0.39 is 0 Å². The van der Waals surface area contributed by atoms with Gasteiger partial charge >= 0.3 is 0 Å². The predicted octanol–water partition coefficient (Wildman–Crippen LogP) is 4.63. The molecule has 1 heterocycles. The van der Waals surface area contributed by atoms with Gasteiger partial charge in [-0.05, 0) is 48.4 Å². The van der Waals surface area contributed by atoms with Gasteiger partial charge in [0, 0.05) is 0 Å². The Hall–Kier alpha value is -2.06. The second-order valence-corrected chi connectivity index (χ2v) is 5.40. The van der Waals surface area contributed by atoms with Crippen molar-refractivity contribution in [2.75, 3.05) is 6.54 Å². The van der Waals surface area contributed by atoms with Crippen LogP contribution in [-0.2, 0) is 6.42 Å². The van der Waals surface area contributed by atoms with Gasteiger partial charge in [-0.15, -0.1) is 0 Å². The van der Waals surface area contributed by atoms with Crippen LogP contribution in [0, 0.1) is 6.92 Å². The molecule has 21 heavy (non-hydrogen) atoms. The smallest absolute Gasteiger partial charge is 0.121 e. The van der Waals surface area contributed by atoms with Gasteiger partial charge in [0.25, 0.3) is 0 Å². The van der Waals surface area contributed by atoms with Gasteiger partial charge in [-0.1, -0.05) is 49.4 Å². The highest BCUT2D eigenvalue weighted by molar-refractivity contribution is 5.85. The summed E-state index contributed by atoms with van der Waals surface area (Å²) < 4.78 is 5.82. The van der Waals surface area contributed by atoms with Crippen LogP contribution < -0.4 is 5.32 Å². The van der Waals surface area contributed by atoms with Crippen molar-refractivity contribution in [3.63, 3.8) is 0 Å². The van der Waals surface area contributed by atoms with Gasteiger partial charge < -0.3 is 9.73 Å². The summed E-state index contributed by atoms with van der Waals surface area (Å²) in [6, 6.07) is 19.4. The zero-order chi connectivity index (χ0) is 14.7. The fourth-order valence-corrected chi connectivity index (χ4v) is 2.85. The van der Waals surface area contributed by atoms with Crippen LogP contribution in [0.1, 0.15) is 30.0 Å². The molecule has 0 radical (unpaired) electrons. The highest BCUT2D eigenvalue weighted by Crippen LogP contribution is 2.25. The molecule has 0 saturated carbocycles. The Morgan fingerprint density at radius 1 is 1.00 bits per heavy atom. The molecule has 2 nitrogen and oxygen atoms in total. The first-order valence-corrected chi connectivity index (χ1v) is 7.54. The van der Waals surface area contributed by atoms with Crippen LogP contribution in [-0.4, -0.2) is 6.54 Å². The molecule has 0 amide bonds. The summed E-state index contributed by atoms with van der Waals surface area (Å²) in [6.45, 7) is 5.05. The maximum Gasteiger partial charge on any atom is 0.121 e. The van der Waals surface area contributed by atoms with E-state index in [1.807, 2.05) is 13.0 Å². The SMILES string of the molecule is CCNC(Cc1cccc2ccccc12)c1ccc(C)o1. The largest absolute Gasteiger partial charge is 0.465 e. The van der Waals surface area contributed by atoms with Crippen molar-refractivity contribution in [2.24, 2.45) is 0 Å². The topological polar surface area (TPSA) is 25.2 Å². The Morgan fingerprint density at radius 3 is 2.57 bits per heavy atom. The molecule has 0 aliphatic heterocycles. The van der Waals surface area contributed by atoms with E-state index in [1.165, 1.54) is 16.3 Å². The molecule has 0 saturated heterocycles. The molecule has 2 aromatic carbocycles. The van der Waals surface area contributed by atoms with Gasteiger partial charge in [-0.3, -0.25) is 0 Å². The molecule has 2 heteroatoms. The van der Waals surface area contributed by atoms with E-state index in [0.29, 0.717) is 0 Å². The van der Waals surface area contributed by atoms with E-state index in [-0.39, 0.29) is 6.04 Å². The van der Waals surface area contributed by atoms with Gasteiger partial charge in [-0.2, -0.15) is 0 Å². The number of aryl methyl sites for hydroxylation is 1. The first-order valence-electron chi connectivity index (χ1n) is 7.54. The first-order chi connectivity index (χ1) is 10.3. The van der Waals surface area contributed by atoms with Crippen LogP contribution >= 0.6 is 0 Å². The van der Waals surface area contributed by atoms with Gasteiger partial charge in [0.1, 0.15) is 11.5 Å². The van der Waals surface area contributed by atoms with Gasteiger partial charge in [0.15, 0.2) is 0 Å². The summed E-state index contributed by atoms with van der Waals surface area (Å²) in [4.78, 5) is 0. The maximum atomic E-state index is 5.82. The van der Waals surface area contributed by atoms with Crippen molar-refractivity contribution in [1.29, 1.82) is 0 Å². The van der Waals surface area contributed by atoms with E-state index in [2.05, 4.69) is 60.8 Å². The van der Waals surface area contributed by atoms with Crippen LogP contribution in [0.15, 0.2) is 59.0 Å². The average Bonchev–Trinajstić information content (AvgIpc) is 2.94. The molecule has 1 atom stereocenters. The average molecular weight is 279 g/mol. The molecule has 0 aliphatic carbocycles. The minimum Gasteiger partial charge on any atom is -0.465 e. The number of likely N-dealkylation sites (N-methyl/N-ethyl adjacent to an activating group) is 1. The Kier molecular flexibility index (Phi) is 4.07. The summed E-state index contributed by atoms with van der Waals surface area (Å²) in [7, 11) is 0. The molecule has 3 aromatic rings. The molecule has 0 fully saturated rings. The zero-order valence-corrected chi connectivity index (χ0v) is 12.6. The molecule has 3 rings (SSSR count). The zero-order valence-electron chi connectivity index (χ0n) is 12.6. The van der Waals surface area contributed by atoms with Crippen LogP contribution in [0.2, 0.25) is 0 Å². The second kappa shape index (κ2) is 6.15. The lowest BCUT2D eigenvalue weighted by Gasteiger charge is -2.17. The van der Waals surface area contributed by atoms with E-state index in [9.17, 15) is 0 Å². The van der Waals surface area contributed by atoms with Crippen LogP contribution in [0.5, 0.6) is 0 Å². The highest BCUT2D eigenvalue weighted by atomic mass is 16.3. The second-order valence-electron chi connectivity index (χ2n) is 5.40. The molecular formula is C19H21NO. The highest BCUT2D eigenvalue weighted by Gasteiger charge is 2.15. The van der Waals surface area contributed by atoms with E-state index in [1.54, 1.807) is 0 Å². The van der Waals surface area contributed by atoms with Crippen LogP contribution in [0.25, 0.3) is 10.8 Å². The predicted molar refractivity (Wildman–Crippen MR) is 87.5 cm³/mol. The fraction of sp³-hybridized carbons (Fsp3) is 0.263. The van der Waals surface area contributed by atoms with E-state index in [0.717, 1.165) is 24.5 Å². The third-order valence-corrected chi connectivity index (χ3v) is 3.86. The molecule has 1 unspecified atom stereocenters. The normalized spacial score (nSPS) is 12.7. The minimum absolute atomic E-state index is 0.217. The lowest BCUT2D eigenvalue weighted by atomic mass is 9.98. The number of furan rings is 1. The molecule has 1 aromatic heterocycles.